The maximum Gasteiger partial charge on any atom is 0.335 e. The number of aromatic carboxylic acids is 2. The van der Waals surface area contributed by atoms with Gasteiger partial charge >= 0.3 is 11.9 Å². The van der Waals surface area contributed by atoms with Crippen molar-refractivity contribution in [3.05, 3.63) is 64.6 Å². The van der Waals surface area contributed by atoms with E-state index in [4.69, 9.17) is 21.8 Å². The third-order valence-electron chi connectivity index (χ3n) is 3.52. The van der Waals surface area contributed by atoms with E-state index in [0.29, 0.717) is 16.4 Å². The number of benzene rings is 1. The first kappa shape index (κ1) is 17.4. The van der Waals surface area contributed by atoms with Crippen LogP contribution < -0.4 is 5.32 Å². The normalized spacial score (nSPS) is 10.7. The Morgan fingerprint density at radius 1 is 1.04 bits per heavy atom. The summed E-state index contributed by atoms with van der Waals surface area (Å²) < 4.78 is 1.68. The molecule has 2 heterocycles. The predicted octanol–water partition coefficient (Wildman–Crippen LogP) is 2.57. The minimum Gasteiger partial charge on any atom is -0.478 e. The fraction of sp³-hybridized carbons (Fsp3) is 0.0588. The molecule has 0 bridgehead atoms. The van der Waals surface area contributed by atoms with Crippen LogP contribution in [-0.4, -0.2) is 37.4 Å². The molecule has 0 atom stereocenters. The van der Waals surface area contributed by atoms with Gasteiger partial charge in [0, 0.05) is 18.1 Å². The van der Waals surface area contributed by atoms with E-state index in [1.54, 1.807) is 28.9 Å². The topological polar surface area (TPSA) is 121 Å². The number of carboxylic acid groups (broad SMARTS) is 2. The zero-order valence-corrected chi connectivity index (χ0v) is 13.9. The van der Waals surface area contributed by atoms with Gasteiger partial charge in [0.05, 0.1) is 28.3 Å². The van der Waals surface area contributed by atoms with Crippen molar-refractivity contribution in [3.8, 4) is 0 Å². The minimum absolute atomic E-state index is 0.0704. The van der Waals surface area contributed by atoms with Crippen LogP contribution in [0.5, 0.6) is 0 Å². The van der Waals surface area contributed by atoms with Crippen LogP contribution in [0.15, 0.2) is 42.7 Å². The van der Waals surface area contributed by atoms with E-state index < -0.39 is 17.8 Å². The number of fused-ring (bicyclic) bond motifs is 1. The van der Waals surface area contributed by atoms with Gasteiger partial charge in [-0.25, -0.2) is 14.6 Å². The molecule has 1 aromatic carbocycles. The van der Waals surface area contributed by atoms with Crippen molar-refractivity contribution < 1.29 is 24.6 Å². The summed E-state index contributed by atoms with van der Waals surface area (Å²) in [5, 5.41) is 21.1. The molecule has 0 saturated heterocycles. The molecule has 132 valence electrons. The number of nitrogens with one attached hydrogen (secondary N) is 1. The molecule has 0 aliphatic rings. The first-order chi connectivity index (χ1) is 12.3. The zero-order chi connectivity index (χ0) is 18.8. The highest BCUT2D eigenvalue weighted by Crippen LogP contribution is 2.17. The third kappa shape index (κ3) is 3.81. The maximum absolute atomic E-state index is 12.2. The fourth-order valence-electron chi connectivity index (χ4n) is 2.42. The lowest BCUT2D eigenvalue weighted by atomic mass is 10.1. The molecule has 3 rings (SSSR count). The van der Waals surface area contributed by atoms with Crippen molar-refractivity contribution in [3.63, 3.8) is 0 Å². The molecule has 0 fully saturated rings. The summed E-state index contributed by atoms with van der Waals surface area (Å²) in [5.74, 6) is -3.04. The summed E-state index contributed by atoms with van der Waals surface area (Å²) in [4.78, 5) is 38.7. The largest absolute Gasteiger partial charge is 0.478 e. The van der Waals surface area contributed by atoms with Crippen LogP contribution in [0.2, 0.25) is 5.02 Å². The molecule has 26 heavy (non-hydrogen) atoms. The van der Waals surface area contributed by atoms with Crippen LogP contribution in [0.4, 0.5) is 5.69 Å². The minimum atomic E-state index is -1.29. The number of anilines is 1. The quantitative estimate of drug-likeness (QED) is 0.632. The molecule has 0 aliphatic heterocycles. The van der Waals surface area contributed by atoms with Gasteiger partial charge in [0.15, 0.2) is 0 Å². The van der Waals surface area contributed by atoms with Crippen molar-refractivity contribution in [2.24, 2.45) is 0 Å². The lowest BCUT2D eigenvalue weighted by Gasteiger charge is -2.07. The van der Waals surface area contributed by atoms with E-state index in [9.17, 15) is 14.4 Å². The van der Waals surface area contributed by atoms with Crippen molar-refractivity contribution in [2.45, 2.75) is 6.42 Å². The van der Waals surface area contributed by atoms with Gasteiger partial charge in [-0.3, -0.25) is 4.79 Å². The second-order valence-corrected chi connectivity index (χ2v) is 5.92. The molecule has 0 radical (unpaired) electrons. The molecular formula is C17H12ClN3O5. The SMILES string of the molecule is O=C(Cc1cn2cc(Cl)ccc2n1)Nc1cc(C(=O)O)cc(C(=O)O)c1. The second kappa shape index (κ2) is 6.85. The van der Waals surface area contributed by atoms with E-state index in [1.807, 2.05) is 0 Å². The van der Waals surface area contributed by atoms with E-state index in [1.165, 1.54) is 12.1 Å². The van der Waals surface area contributed by atoms with Crippen molar-refractivity contribution in [2.75, 3.05) is 5.32 Å². The van der Waals surface area contributed by atoms with Gasteiger partial charge in [0.1, 0.15) is 5.65 Å². The molecular weight excluding hydrogens is 362 g/mol. The highest BCUT2D eigenvalue weighted by molar-refractivity contribution is 6.30. The fourth-order valence-corrected chi connectivity index (χ4v) is 2.59. The Balaban J connectivity index is 1.80. The summed E-state index contributed by atoms with van der Waals surface area (Å²) in [5.41, 5.74) is 0.722. The molecule has 3 N–H and O–H groups in total. The highest BCUT2D eigenvalue weighted by atomic mass is 35.5. The Labute approximate surface area is 151 Å². The van der Waals surface area contributed by atoms with Crippen LogP contribution in [0, 0.1) is 0 Å². The maximum atomic E-state index is 12.2. The Morgan fingerprint density at radius 3 is 2.31 bits per heavy atom. The molecule has 9 heteroatoms. The van der Waals surface area contributed by atoms with E-state index >= 15 is 0 Å². The average molecular weight is 374 g/mol. The smallest absolute Gasteiger partial charge is 0.335 e. The second-order valence-electron chi connectivity index (χ2n) is 5.48. The average Bonchev–Trinajstić information content (AvgIpc) is 2.95. The summed E-state index contributed by atoms with van der Waals surface area (Å²) in [6.07, 6.45) is 3.23. The van der Waals surface area contributed by atoms with Gasteiger partial charge in [0.2, 0.25) is 5.91 Å². The highest BCUT2D eigenvalue weighted by Gasteiger charge is 2.14. The molecule has 0 spiro atoms. The van der Waals surface area contributed by atoms with Crippen LogP contribution in [0.1, 0.15) is 26.4 Å². The number of carbonyl (C=O) groups is 3. The van der Waals surface area contributed by atoms with Crippen LogP contribution >= 0.6 is 11.6 Å². The zero-order valence-electron chi connectivity index (χ0n) is 13.1. The van der Waals surface area contributed by atoms with Crippen molar-refractivity contribution >= 4 is 40.8 Å². The molecule has 8 nitrogen and oxygen atoms in total. The number of imidazole rings is 1. The standard InChI is InChI=1S/C17H12ClN3O5/c18-11-1-2-14-19-13(8-21(14)7-11)6-15(22)20-12-4-9(16(23)24)3-10(5-12)17(25)26/h1-5,7-8H,6H2,(H,20,22)(H,23,24)(H,25,26). The number of amides is 1. The number of pyridine rings is 1. The molecule has 3 aromatic rings. The third-order valence-corrected chi connectivity index (χ3v) is 3.74. The number of hydrogen-bond donors (Lipinski definition) is 3. The first-order valence-corrected chi connectivity index (χ1v) is 7.74. The number of nitrogens with zero attached hydrogens (tertiary/aromatic N) is 2. The number of halogens is 1. The predicted molar refractivity (Wildman–Crippen MR) is 92.9 cm³/mol. The Hall–Kier alpha value is -3.39. The Morgan fingerprint density at radius 2 is 1.69 bits per heavy atom. The number of aromatic nitrogens is 2. The molecule has 0 saturated carbocycles. The summed E-state index contributed by atoms with van der Waals surface area (Å²) in [6.45, 7) is 0. The van der Waals surface area contributed by atoms with E-state index in [-0.39, 0.29) is 23.2 Å². The van der Waals surface area contributed by atoms with Gasteiger partial charge in [-0.1, -0.05) is 11.6 Å². The van der Waals surface area contributed by atoms with Gasteiger partial charge in [0.25, 0.3) is 0 Å². The number of carboxylic acids is 2. The monoisotopic (exact) mass is 373 g/mol. The van der Waals surface area contributed by atoms with Crippen molar-refractivity contribution in [1.82, 2.24) is 9.38 Å². The number of carbonyl (C=O) groups excluding carboxylic acids is 1. The van der Waals surface area contributed by atoms with Gasteiger partial charge < -0.3 is 19.9 Å². The van der Waals surface area contributed by atoms with Crippen molar-refractivity contribution in [1.29, 1.82) is 0 Å². The Bertz CT molecular complexity index is 1010. The van der Waals surface area contributed by atoms with Crippen LogP contribution in [-0.2, 0) is 11.2 Å². The molecule has 0 unspecified atom stereocenters. The lowest BCUT2D eigenvalue weighted by Crippen LogP contribution is -2.16. The van der Waals surface area contributed by atoms with Crippen LogP contribution in [0.3, 0.4) is 0 Å². The van der Waals surface area contributed by atoms with Gasteiger partial charge in [-0.2, -0.15) is 0 Å². The first-order valence-electron chi connectivity index (χ1n) is 7.36. The summed E-state index contributed by atoms with van der Waals surface area (Å²) >= 11 is 5.90. The number of hydrogen-bond acceptors (Lipinski definition) is 4. The molecule has 2 aromatic heterocycles. The van der Waals surface area contributed by atoms with Gasteiger partial charge in [-0.05, 0) is 30.3 Å². The van der Waals surface area contributed by atoms with E-state index in [2.05, 4.69) is 10.3 Å². The van der Waals surface area contributed by atoms with E-state index in [0.717, 1.165) is 6.07 Å². The Kier molecular flexibility index (Phi) is 4.59. The summed E-state index contributed by atoms with van der Waals surface area (Å²) in [6, 6.07) is 6.79. The molecule has 0 aliphatic carbocycles. The molecule has 1 amide bonds. The van der Waals surface area contributed by atoms with Crippen LogP contribution in [0.25, 0.3) is 5.65 Å². The lowest BCUT2D eigenvalue weighted by molar-refractivity contribution is -0.115. The number of rotatable bonds is 5. The van der Waals surface area contributed by atoms with Gasteiger partial charge in [-0.15, -0.1) is 0 Å². The summed E-state index contributed by atoms with van der Waals surface area (Å²) in [7, 11) is 0.